The SMILES string of the molecule is Cc1cc(C(=O)NCCI)n(C)n1. The van der Waals surface area contributed by atoms with Crippen molar-refractivity contribution < 1.29 is 4.79 Å². The standard InChI is InChI=1S/C8H12IN3O/c1-6-5-7(12(2)11-6)8(13)10-4-3-9/h5H,3-4H2,1-2H3,(H,10,13). The maximum atomic E-state index is 11.5. The minimum Gasteiger partial charge on any atom is -0.350 e. The number of amides is 1. The summed E-state index contributed by atoms with van der Waals surface area (Å²) in [5, 5.41) is 6.89. The minimum atomic E-state index is -0.0558. The molecule has 0 saturated carbocycles. The molecule has 13 heavy (non-hydrogen) atoms. The highest BCUT2D eigenvalue weighted by Gasteiger charge is 2.09. The van der Waals surface area contributed by atoms with Gasteiger partial charge in [-0.05, 0) is 13.0 Å². The minimum absolute atomic E-state index is 0.0558. The van der Waals surface area contributed by atoms with Crippen LogP contribution in [-0.4, -0.2) is 26.7 Å². The van der Waals surface area contributed by atoms with Crippen LogP contribution in [0.2, 0.25) is 0 Å². The molecule has 0 atom stereocenters. The van der Waals surface area contributed by atoms with E-state index in [4.69, 9.17) is 0 Å². The predicted molar refractivity (Wildman–Crippen MR) is 59.2 cm³/mol. The molecule has 4 nitrogen and oxygen atoms in total. The Morgan fingerprint density at radius 3 is 2.92 bits per heavy atom. The van der Waals surface area contributed by atoms with Gasteiger partial charge in [0, 0.05) is 18.0 Å². The molecule has 1 aromatic rings. The highest BCUT2D eigenvalue weighted by Crippen LogP contribution is 2.00. The van der Waals surface area contributed by atoms with Crippen molar-refractivity contribution in [3.05, 3.63) is 17.5 Å². The average Bonchev–Trinajstić information content (AvgIpc) is 2.41. The normalized spacial score (nSPS) is 10.1. The lowest BCUT2D eigenvalue weighted by atomic mass is 10.3. The topological polar surface area (TPSA) is 46.9 Å². The van der Waals surface area contributed by atoms with Gasteiger partial charge in [0.1, 0.15) is 5.69 Å². The van der Waals surface area contributed by atoms with Crippen LogP contribution in [0.3, 0.4) is 0 Å². The first-order valence-electron chi connectivity index (χ1n) is 4.00. The lowest BCUT2D eigenvalue weighted by Gasteiger charge is -2.01. The summed E-state index contributed by atoms with van der Waals surface area (Å²) in [6, 6.07) is 1.78. The molecular weight excluding hydrogens is 281 g/mol. The van der Waals surface area contributed by atoms with Gasteiger partial charge in [0.2, 0.25) is 0 Å². The highest BCUT2D eigenvalue weighted by molar-refractivity contribution is 14.1. The van der Waals surface area contributed by atoms with Crippen molar-refractivity contribution in [1.82, 2.24) is 15.1 Å². The molecule has 1 rings (SSSR count). The monoisotopic (exact) mass is 293 g/mol. The van der Waals surface area contributed by atoms with Crippen molar-refractivity contribution in [2.45, 2.75) is 6.92 Å². The van der Waals surface area contributed by atoms with Crippen molar-refractivity contribution >= 4 is 28.5 Å². The molecule has 0 fully saturated rings. The van der Waals surface area contributed by atoms with Crippen LogP contribution in [0.1, 0.15) is 16.2 Å². The Morgan fingerprint density at radius 1 is 1.77 bits per heavy atom. The lowest BCUT2D eigenvalue weighted by Crippen LogP contribution is -2.27. The third-order valence-corrected chi connectivity index (χ3v) is 2.15. The summed E-state index contributed by atoms with van der Waals surface area (Å²) in [5.41, 5.74) is 1.48. The zero-order valence-electron chi connectivity index (χ0n) is 7.67. The number of halogens is 1. The molecule has 0 unspecified atom stereocenters. The zero-order valence-corrected chi connectivity index (χ0v) is 9.83. The Hall–Kier alpha value is -0.590. The summed E-state index contributed by atoms with van der Waals surface area (Å²) in [6.45, 7) is 2.57. The van der Waals surface area contributed by atoms with Gasteiger partial charge < -0.3 is 5.32 Å². The number of nitrogens with zero attached hydrogens (tertiary/aromatic N) is 2. The van der Waals surface area contributed by atoms with Gasteiger partial charge in [0.05, 0.1) is 5.69 Å². The van der Waals surface area contributed by atoms with Crippen LogP contribution < -0.4 is 5.32 Å². The van der Waals surface area contributed by atoms with E-state index in [1.807, 2.05) is 6.92 Å². The first kappa shape index (κ1) is 10.5. The van der Waals surface area contributed by atoms with Crippen LogP contribution in [0.4, 0.5) is 0 Å². The molecule has 1 heterocycles. The summed E-state index contributed by atoms with van der Waals surface area (Å²) in [7, 11) is 1.77. The van der Waals surface area contributed by atoms with Gasteiger partial charge in [-0.15, -0.1) is 0 Å². The lowest BCUT2D eigenvalue weighted by molar-refractivity contribution is 0.0947. The first-order valence-corrected chi connectivity index (χ1v) is 5.52. The van der Waals surface area contributed by atoms with Crippen LogP contribution in [0.15, 0.2) is 6.07 Å². The van der Waals surface area contributed by atoms with E-state index in [9.17, 15) is 4.79 Å². The molecule has 1 aromatic heterocycles. The number of hydrogen-bond acceptors (Lipinski definition) is 2. The molecule has 0 saturated heterocycles. The van der Waals surface area contributed by atoms with E-state index >= 15 is 0 Å². The first-order chi connectivity index (χ1) is 6.15. The fourth-order valence-electron chi connectivity index (χ4n) is 1.07. The van der Waals surface area contributed by atoms with Gasteiger partial charge in [-0.25, -0.2) is 0 Å². The van der Waals surface area contributed by atoms with E-state index in [0.29, 0.717) is 12.2 Å². The summed E-state index contributed by atoms with van der Waals surface area (Å²) < 4.78 is 2.51. The van der Waals surface area contributed by atoms with E-state index < -0.39 is 0 Å². The number of carbonyl (C=O) groups excluding carboxylic acids is 1. The maximum absolute atomic E-state index is 11.5. The fraction of sp³-hybridized carbons (Fsp3) is 0.500. The van der Waals surface area contributed by atoms with Crippen molar-refractivity contribution in [2.75, 3.05) is 11.0 Å². The second-order valence-corrected chi connectivity index (χ2v) is 3.82. The molecule has 0 aliphatic carbocycles. The van der Waals surface area contributed by atoms with Crippen molar-refractivity contribution in [3.63, 3.8) is 0 Å². The summed E-state index contributed by atoms with van der Waals surface area (Å²) >= 11 is 2.22. The number of nitrogens with one attached hydrogen (secondary N) is 1. The van der Waals surface area contributed by atoms with E-state index in [0.717, 1.165) is 10.1 Å². The Balaban J connectivity index is 2.70. The second-order valence-electron chi connectivity index (χ2n) is 2.74. The fourth-order valence-corrected chi connectivity index (χ4v) is 1.34. The van der Waals surface area contributed by atoms with Gasteiger partial charge in [-0.2, -0.15) is 5.10 Å². The Kier molecular flexibility index (Phi) is 3.71. The van der Waals surface area contributed by atoms with Crippen LogP contribution in [-0.2, 0) is 7.05 Å². The summed E-state index contributed by atoms with van der Waals surface area (Å²) in [6.07, 6.45) is 0. The van der Waals surface area contributed by atoms with Crippen LogP contribution in [0, 0.1) is 6.92 Å². The van der Waals surface area contributed by atoms with Crippen molar-refractivity contribution in [1.29, 1.82) is 0 Å². The van der Waals surface area contributed by atoms with Crippen molar-refractivity contribution in [3.8, 4) is 0 Å². The molecule has 1 N–H and O–H groups in total. The molecule has 0 radical (unpaired) electrons. The number of aryl methyl sites for hydroxylation is 2. The van der Waals surface area contributed by atoms with Crippen LogP contribution in [0.25, 0.3) is 0 Å². The largest absolute Gasteiger partial charge is 0.350 e. The molecule has 5 heteroatoms. The molecule has 0 aliphatic rings. The van der Waals surface area contributed by atoms with Crippen molar-refractivity contribution in [2.24, 2.45) is 7.05 Å². The van der Waals surface area contributed by atoms with Crippen LogP contribution >= 0.6 is 22.6 Å². The third-order valence-electron chi connectivity index (χ3n) is 1.61. The highest BCUT2D eigenvalue weighted by atomic mass is 127. The van der Waals surface area contributed by atoms with Gasteiger partial charge in [-0.1, -0.05) is 22.6 Å². The summed E-state index contributed by atoms with van der Waals surface area (Å²) in [4.78, 5) is 11.5. The number of alkyl halides is 1. The number of rotatable bonds is 3. The molecule has 72 valence electrons. The van der Waals surface area contributed by atoms with Gasteiger partial charge in [-0.3, -0.25) is 9.48 Å². The summed E-state index contributed by atoms with van der Waals surface area (Å²) in [5.74, 6) is -0.0558. The quantitative estimate of drug-likeness (QED) is 0.664. The Labute approximate surface area is 90.8 Å². The molecule has 0 aromatic carbocycles. The van der Waals surface area contributed by atoms with E-state index in [1.54, 1.807) is 17.8 Å². The number of aromatic nitrogens is 2. The molecular formula is C8H12IN3O. The predicted octanol–water partition coefficient (Wildman–Crippen LogP) is 0.893. The van der Waals surface area contributed by atoms with Gasteiger partial charge in [0.25, 0.3) is 5.91 Å². The van der Waals surface area contributed by atoms with Gasteiger partial charge >= 0.3 is 0 Å². The second kappa shape index (κ2) is 4.59. The number of carbonyl (C=O) groups is 1. The van der Waals surface area contributed by atoms with E-state index in [2.05, 4.69) is 33.0 Å². The zero-order chi connectivity index (χ0) is 9.84. The molecule has 0 aliphatic heterocycles. The molecule has 0 bridgehead atoms. The third kappa shape index (κ3) is 2.68. The Bertz CT molecular complexity index is 308. The molecule has 0 spiro atoms. The van der Waals surface area contributed by atoms with E-state index in [1.165, 1.54) is 0 Å². The maximum Gasteiger partial charge on any atom is 0.269 e. The van der Waals surface area contributed by atoms with Gasteiger partial charge in [0.15, 0.2) is 0 Å². The molecule has 1 amide bonds. The van der Waals surface area contributed by atoms with Crippen LogP contribution in [0.5, 0.6) is 0 Å². The van der Waals surface area contributed by atoms with E-state index in [-0.39, 0.29) is 5.91 Å². The smallest absolute Gasteiger partial charge is 0.269 e. The average molecular weight is 293 g/mol. The Morgan fingerprint density at radius 2 is 2.46 bits per heavy atom. The number of hydrogen-bond donors (Lipinski definition) is 1.